The molecule has 0 amide bonds. The molecule has 0 heterocycles. The van der Waals surface area contributed by atoms with Crippen LogP contribution in [0.5, 0.6) is 5.75 Å². The highest BCUT2D eigenvalue weighted by atomic mass is 16.5. The summed E-state index contributed by atoms with van der Waals surface area (Å²) in [5.41, 5.74) is 1.81. The molecular weight excluding hydrogens is 252 g/mol. The molecule has 0 spiro atoms. The molecule has 2 atom stereocenters. The smallest absolute Gasteiger partial charge is 0.159 e. The lowest BCUT2D eigenvalue weighted by atomic mass is 9.85. The van der Waals surface area contributed by atoms with Gasteiger partial charge in [0.15, 0.2) is 5.78 Å². The summed E-state index contributed by atoms with van der Waals surface area (Å²) in [7, 11) is 1.61. The Morgan fingerprint density at radius 2 is 1.55 bits per heavy atom. The first-order valence-electron chi connectivity index (χ1n) is 6.51. The molecule has 0 saturated carbocycles. The van der Waals surface area contributed by atoms with Gasteiger partial charge in [-0.05, 0) is 30.2 Å². The van der Waals surface area contributed by atoms with Crippen molar-refractivity contribution < 1.29 is 14.6 Å². The molecule has 0 aliphatic carbocycles. The van der Waals surface area contributed by atoms with Gasteiger partial charge in [-0.3, -0.25) is 4.79 Å². The average molecular weight is 270 g/mol. The highest BCUT2D eigenvalue weighted by molar-refractivity contribution is 5.82. The molecule has 0 radical (unpaired) electrons. The van der Waals surface area contributed by atoms with E-state index < -0.39 is 6.10 Å². The summed E-state index contributed by atoms with van der Waals surface area (Å²) in [5.74, 6) is 0.146. The summed E-state index contributed by atoms with van der Waals surface area (Å²) >= 11 is 0. The molecular formula is C17H18O3. The maximum atomic E-state index is 11.6. The van der Waals surface area contributed by atoms with E-state index in [1.807, 2.05) is 54.6 Å². The van der Waals surface area contributed by atoms with Crippen molar-refractivity contribution in [1.82, 2.24) is 0 Å². The van der Waals surface area contributed by atoms with Gasteiger partial charge in [0, 0.05) is 5.92 Å². The molecule has 2 aromatic carbocycles. The van der Waals surface area contributed by atoms with Crippen LogP contribution in [0.2, 0.25) is 0 Å². The average Bonchev–Trinajstić information content (AvgIpc) is 2.49. The Bertz CT molecular complexity index is 561. The second-order valence-corrected chi connectivity index (χ2v) is 4.72. The number of ether oxygens (including phenoxy) is 1. The number of aliphatic hydroxyl groups excluding tert-OH is 1. The van der Waals surface area contributed by atoms with Gasteiger partial charge >= 0.3 is 0 Å². The van der Waals surface area contributed by atoms with E-state index in [2.05, 4.69) is 0 Å². The van der Waals surface area contributed by atoms with E-state index in [4.69, 9.17) is 4.74 Å². The third kappa shape index (κ3) is 3.06. The first-order chi connectivity index (χ1) is 9.63. The Balaban J connectivity index is 2.43. The molecule has 0 aliphatic rings. The molecule has 20 heavy (non-hydrogen) atoms. The van der Waals surface area contributed by atoms with E-state index in [1.165, 1.54) is 6.92 Å². The van der Waals surface area contributed by atoms with Crippen molar-refractivity contribution in [3.05, 3.63) is 65.7 Å². The van der Waals surface area contributed by atoms with Gasteiger partial charge in [-0.15, -0.1) is 0 Å². The first-order valence-corrected chi connectivity index (χ1v) is 6.51. The minimum absolute atomic E-state index is 0.241. The Kier molecular flexibility index (Phi) is 4.53. The van der Waals surface area contributed by atoms with E-state index in [0.717, 1.165) is 16.9 Å². The van der Waals surface area contributed by atoms with Gasteiger partial charge in [-0.1, -0.05) is 42.5 Å². The number of carbonyl (C=O) groups excluding carboxylic acids is 1. The molecule has 0 bridgehead atoms. The van der Waals surface area contributed by atoms with Gasteiger partial charge < -0.3 is 9.84 Å². The van der Waals surface area contributed by atoms with Crippen LogP contribution in [0.25, 0.3) is 0 Å². The van der Waals surface area contributed by atoms with Gasteiger partial charge in [0.1, 0.15) is 11.9 Å². The fourth-order valence-electron chi connectivity index (χ4n) is 2.26. The molecule has 0 aliphatic heterocycles. The van der Waals surface area contributed by atoms with Crippen molar-refractivity contribution in [1.29, 1.82) is 0 Å². The predicted octanol–water partition coefficient (Wildman–Crippen LogP) is 2.78. The van der Waals surface area contributed by atoms with Crippen molar-refractivity contribution >= 4 is 5.78 Å². The monoisotopic (exact) mass is 270 g/mol. The van der Waals surface area contributed by atoms with Gasteiger partial charge in [0.05, 0.1) is 7.11 Å². The van der Waals surface area contributed by atoms with Gasteiger partial charge in [0.25, 0.3) is 0 Å². The Hall–Kier alpha value is -2.13. The Morgan fingerprint density at radius 3 is 2.05 bits per heavy atom. The molecule has 3 nitrogen and oxygen atoms in total. The zero-order valence-electron chi connectivity index (χ0n) is 11.6. The second kappa shape index (κ2) is 6.35. The molecule has 0 aromatic heterocycles. The van der Waals surface area contributed by atoms with Crippen LogP contribution in [0.1, 0.15) is 24.0 Å². The first kappa shape index (κ1) is 14.3. The number of hydrogen-bond acceptors (Lipinski definition) is 3. The molecule has 0 saturated heterocycles. The number of benzene rings is 2. The van der Waals surface area contributed by atoms with Crippen LogP contribution in [0.4, 0.5) is 0 Å². The number of ketones is 1. The largest absolute Gasteiger partial charge is 0.497 e. The molecule has 1 N–H and O–H groups in total. The number of aliphatic hydroxyl groups is 1. The highest BCUT2D eigenvalue weighted by Gasteiger charge is 2.26. The Morgan fingerprint density at radius 1 is 1.00 bits per heavy atom. The summed E-state index contributed by atoms with van der Waals surface area (Å²) in [6.07, 6.45) is -1.05. The van der Waals surface area contributed by atoms with Gasteiger partial charge in [-0.2, -0.15) is 0 Å². The van der Waals surface area contributed by atoms with Crippen molar-refractivity contribution in [2.45, 2.75) is 18.9 Å². The van der Waals surface area contributed by atoms with Crippen LogP contribution in [0.15, 0.2) is 54.6 Å². The van der Waals surface area contributed by atoms with E-state index in [0.29, 0.717) is 0 Å². The number of hydrogen-bond donors (Lipinski definition) is 1. The maximum Gasteiger partial charge on any atom is 0.159 e. The molecule has 3 heteroatoms. The zero-order chi connectivity index (χ0) is 14.5. The SMILES string of the molecule is COc1ccc(C(c2ccccc2)C(O)C(C)=O)cc1. The minimum atomic E-state index is -1.05. The molecule has 2 aromatic rings. The van der Waals surface area contributed by atoms with Gasteiger partial charge in [-0.25, -0.2) is 0 Å². The zero-order valence-corrected chi connectivity index (χ0v) is 11.6. The third-order valence-corrected chi connectivity index (χ3v) is 3.37. The molecule has 104 valence electrons. The van der Waals surface area contributed by atoms with Crippen molar-refractivity contribution in [3.63, 3.8) is 0 Å². The van der Waals surface area contributed by atoms with Crippen LogP contribution in [0.3, 0.4) is 0 Å². The normalized spacial score (nSPS) is 13.6. The quantitative estimate of drug-likeness (QED) is 0.908. The van der Waals surface area contributed by atoms with E-state index in [-0.39, 0.29) is 11.7 Å². The predicted molar refractivity (Wildman–Crippen MR) is 78.0 cm³/mol. The maximum absolute atomic E-state index is 11.6. The topological polar surface area (TPSA) is 46.5 Å². The summed E-state index contributed by atoms with van der Waals surface area (Å²) in [5, 5.41) is 10.2. The standard InChI is InChI=1S/C17H18O3/c1-12(18)17(19)16(13-6-4-3-5-7-13)14-8-10-15(20-2)11-9-14/h3-11,16-17,19H,1-2H3. The van der Waals surface area contributed by atoms with E-state index in [1.54, 1.807) is 7.11 Å². The van der Waals surface area contributed by atoms with Crippen LogP contribution < -0.4 is 4.74 Å². The van der Waals surface area contributed by atoms with E-state index in [9.17, 15) is 9.90 Å². The van der Waals surface area contributed by atoms with E-state index >= 15 is 0 Å². The fraction of sp³-hybridized carbons (Fsp3) is 0.235. The number of carbonyl (C=O) groups is 1. The fourth-order valence-corrected chi connectivity index (χ4v) is 2.26. The summed E-state index contributed by atoms with van der Waals surface area (Å²) in [4.78, 5) is 11.6. The third-order valence-electron chi connectivity index (χ3n) is 3.37. The van der Waals surface area contributed by atoms with Crippen LogP contribution >= 0.6 is 0 Å². The summed E-state index contributed by atoms with van der Waals surface area (Å²) < 4.78 is 5.13. The van der Waals surface area contributed by atoms with Crippen molar-refractivity contribution in [3.8, 4) is 5.75 Å². The van der Waals surface area contributed by atoms with Crippen LogP contribution in [-0.4, -0.2) is 24.1 Å². The van der Waals surface area contributed by atoms with Crippen LogP contribution in [0, 0.1) is 0 Å². The number of Topliss-reactive ketones (excluding diaryl/α,β-unsaturated/α-hetero) is 1. The van der Waals surface area contributed by atoms with Crippen LogP contribution in [-0.2, 0) is 4.79 Å². The number of methoxy groups -OCH3 is 1. The molecule has 0 fully saturated rings. The summed E-state index contributed by atoms with van der Waals surface area (Å²) in [6.45, 7) is 1.41. The van der Waals surface area contributed by atoms with Crippen molar-refractivity contribution in [2.75, 3.05) is 7.11 Å². The lowest BCUT2D eigenvalue weighted by Gasteiger charge is -2.22. The molecule has 2 unspecified atom stereocenters. The summed E-state index contributed by atoms with van der Waals surface area (Å²) in [6, 6.07) is 17.0. The lowest BCUT2D eigenvalue weighted by Crippen LogP contribution is -2.26. The van der Waals surface area contributed by atoms with Crippen molar-refractivity contribution in [2.24, 2.45) is 0 Å². The number of rotatable bonds is 5. The highest BCUT2D eigenvalue weighted by Crippen LogP contribution is 2.29. The molecule has 2 rings (SSSR count). The Labute approximate surface area is 118 Å². The second-order valence-electron chi connectivity index (χ2n) is 4.72. The minimum Gasteiger partial charge on any atom is -0.497 e. The van der Waals surface area contributed by atoms with Gasteiger partial charge in [0.2, 0.25) is 0 Å². The lowest BCUT2D eigenvalue weighted by molar-refractivity contribution is -0.125.